The van der Waals surface area contributed by atoms with Crippen molar-refractivity contribution in [3.8, 4) is 5.75 Å². The van der Waals surface area contributed by atoms with E-state index in [9.17, 15) is 14.7 Å². The van der Waals surface area contributed by atoms with Crippen LogP contribution in [0, 0.1) is 10.8 Å². The SMILES string of the molecule is CC1(C)CCOc2c(C(=O)NC3CN4C(=N)N[C@@H](CNC(=O)c5ccncc5)[C@@H]5NC(=N)N[C@@]54[C@@H]3O)cccc21. The largest absolute Gasteiger partial charge is 0.492 e. The van der Waals surface area contributed by atoms with Gasteiger partial charge in [0.25, 0.3) is 11.8 Å². The van der Waals surface area contributed by atoms with Crippen molar-refractivity contribution in [2.24, 2.45) is 0 Å². The van der Waals surface area contributed by atoms with E-state index >= 15 is 0 Å². The lowest BCUT2D eigenvalue weighted by Crippen LogP contribution is -2.78. The molecule has 210 valence electrons. The zero-order valence-corrected chi connectivity index (χ0v) is 22.2. The van der Waals surface area contributed by atoms with Crippen molar-refractivity contribution >= 4 is 23.7 Å². The molecule has 4 aliphatic heterocycles. The second-order valence-corrected chi connectivity index (χ2v) is 11.3. The van der Waals surface area contributed by atoms with Crippen LogP contribution in [0.15, 0.2) is 42.7 Å². The summed E-state index contributed by atoms with van der Waals surface area (Å²) in [6.07, 6.45) is 2.72. The summed E-state index contributed by atoms with van der Waals surface area (Å²) in [5.74, 6) is -0.133. The number of hydrogen-bond donors (Lipinski definition) is 8. The van der Waals surface area contributed by atoms with Crippen LogP contribution < -0.4 is 31.3 Å². The lowest BCUT2D eigenvalue weighted by Gasteiger charge is -2.49. The van der Waals surface area contributed by atoms with E-state index in [4.69, 9.17) is 15.6 Å². The Morgan fingerprint density at radius 3 is 2.73 bits per heavy atom. The van der Waals surface area contributed by atoms with Crippen LogP contribution in [-0.4, -0.2) is 88.3 Å². The van der Waals surface area contributed by atoms with Crippen molar-refractivity contribution in [2.75, 3.05) is 19.7 Å². The molecule has 3 saturated heterocycles. The monoisotopic (exact) mass is 547 g/mol. The molecule has 4 aliphatic rings. The van der Waals surface area contributed by atoms with Crippen molar-refractivity contribution in [2.45, 2.75) is 55.6 Å². The molecule has 0 saturated carbocycles. The molecule has 2 aromatic rings. The van der Waals surface area contributed by atoms with Gasteiger partial charge in [-0.15, -0.1) is 0 Å². The van der Waals surface area contributed by atoms with Crippen LogP contribution in [0.4, 0.5) is 0 Å². The number of benzene rings is 1. The molecule has 1 unspecified atom stereocenters. The molecule has 13 heteroatoms. The molecule has 0 aliphatic carbocycles. The third kappa shape index (κ3) is 3.99. The van der Waals surface area contributed by atoms with Gasteiger partial charge in [0, 0.05) is 36.6 Å². The standard InChI is InChI=1S/C27H33N9O4/c1-26(2)8-11-40-19-15(4-3-5-16(19)26)23(39)32-18-13-36-25(29)33-17(12-31-22(38)14-6-9-30-10-7-14)20-27(36,21(18)37)35-24(28)34-20/h3-7,9-10,17-18,20-21,37H,8,11-13H2,1-2H3,(H2,29,33)(H,31,38)(H,32,39)(H3,28,34,35)/t17-,18?,20-,21+,27-/m0/s1. The Morgan fingerprint density at radius 1 is 1.18 bits per heavy atom. The minimum Gasteiger partial charge on any atom is -0.492 e. The number of ether oxygens (including phenoxy) is 1. The number of rotatable bonds is 5. The second kappa shape index (κ2) is 9.37. The van der Waals surface area contributed by atoms with E-state index < -0.39 is 29.9 Å². The Bertz CT molecular complexity index is 1380. The summed E-state index contributed by atoms with van der Waals surface area (Å²) in [6.45, 7) is 5.01. The van der Waals surface area contributed by atoms with Gasteiger partial charge in [-0.05, 0) is 30.0 Å². The normalized spacial score (nSPS) is 29.5. The number of para-hydroxylation sites is 1. The Labute approximate surface area is 231 Å². The summed E-state index contributed by atoms with van der Waals surface area (Å²) >= 11 is 0. The summed E-state index contributed by atoms with van der Waals surface area (Å²) in [6, 6.07) is 6.83. The number of fused-ring (bicyclic) bond motifs is 1. The summed E-state index contributed by atoms with van der Waals surface area (Å²) < 4.78 is 5.92. The highest BCUT2D eigenvalue weighted by atomic mass is 16.5. The Balaban J connectivity index is 1.23. The lowest BCUT2D eigenvalue weighted by atomic mass is 9.79. The highest BCUT2D eigenvalue weighted by Crippen LogP contribution is 2.41. The molecule has 1 spiro atoms. The van der Waals surface area contributed by atoms with E-state index in [1.807, 2.05) is 12.1 Å². The second-order valence-electron chi connectivity index (χ2n) is 11.3. The van der Waals surface area contributed by atoms with Crippen LogP contribution in [0.3, 0.4) is 0 Å². The van der Waals surface area contributed by atoms with Crippen molar-refractivity contribution in [3.63, 3.8) is 0 Å². The number of guanidine groups is 2. The minimum atomic E-state index is -1.28. The zero-order valence-electron chi connectivity index (χ0n) is 22.2. The van der Waals surface area contributed by atoms with E-state index in [1.54, 1.807) is 23.1 Å². The number of aliphatic hydroxyl groups excluding tert-OH is 1. The average Bonchev–Trinajstić information content (AvgIpc) is 3.43. The van der Waals surface area contributed by atoms with Crippen LogP contribution in [-0.2, 0) is 5.41 Å². The smallest absolute Gasteiger partial charge is 0.255 e. The van der Waals surface area contributed by atoms with Gasteiger partial charge in [0.2, 0.25) is 0 Å². The summed E-state index contributed by atoms with van der Waals surface area (Å²) in [5, 5.41) is 43.7. The van der Waals surface area contributed by atoms with E-state index in [0.717, 1.165) is 12.0 Å². The number of nitrogens with one attached hydrogen (secondary N) is 7. The predicted octanol–water partition coefficient (Wildman–Crippen LogP) is -0.554. The number of nitrogens with zero attached hydrogens (tertiary/aromatic N) is 2. The lowest BCUT2D eigenvalue weighted by molar-refractivity contribution is 0.00611. The molecule has 8 N–H and O–H groups in total. The maximum absolute atomic E-state index is 13.5. The number of aromatic nitrogens is 1. The maximum Gasteiger partial charge on any atom is 0.255 e. The van der Waals surface area contributed by atoms with Gasteiger partial charge in [0.05, 0.1) is 30.3 Å². The molecule has 6 rings (SSSR count). The molecular weight excluding hydrogens is 514 g/mol. The van der Waals surface area contributed by atoms with Gasteiger partial charge in [-0.25, -0.2) is 0 Å². The molecular formula is C27H33N9O4. The number of aliphatic hydroxyl groups is 1. The molecule has 13 nitrogen and oxygen atoms in total. The third-order valence-electron chi connectivity index (χ3n) is 8.46. The van der Waals surface area contributed by atoms with Crippen LogP contribution in [0.2, 0.25) is 0 Å². The molecule has 2 amide bonds. The summed E-state index contributed by atoms with van der Waals surface area (Å²) in [7, 11) is 0. The molecule has 0 bridgehead atoms. The highest BCUT2D eigenvalue weighted by molar-refractivity contribution is 5.98. The molecule has 1 aromatic carbocycles. The van der Waals surface area contributed by atoms with E-state index in [1.165, 1.54) is 12.4 Å². The van der Waals surface area contributed by atoms with Crippen molar-refractivity contribution in [1.82, 2.24) is 36.5 Å². The topological polar surface area (TPSA) is 188 Å². The molecule has 0 radical (unpaired) electrons. The molecule has 5 heterocycles. The van der Waals surface area contributed by atoms with Crippen LogP contribution in [0.1, 0.15) is 46.5 Å². The predicted molar refractivity (Wildman–Crippen MR) is 145 cm³/mol. The van der Waals surface area contributed by atoms with Gasteiger partial charge in [-0.2, -0.15) is 0 Å². The van der Waals surface area contributed by atoms with Crippen LogP contribution >= 0.6 is 0 Å². The van der Waals surface area contributed by atoms with Gasteiger partial charge in [-0.1, -0.05) is 26.0 Å². The fraction of sp³-hybridized carbons (Fsp3) is 0.444. The van der Waals surface area contributed by atoms with Crippen LogP contribution in [0.25, 0.3) is 0 Å². The third-order valence-corrected chi connectivity index (χ3v) is 8.46. The Hall–Kier alpha value is -4.39. The minimum absolute atomic E-state index is 0.0152. The fourth-order valence-corrected chi connectivity index (χ4v) is 6.30. The fourth-order valence-electron chi connectivity index (χ4n) is 6.30. The van der Waals surface area contributed by atoms with Gasteiger partial charge in [-0.3, -0.25) is 25.4 Å². The Morgan fingerprint density at radius 2 is 1.95 bits per heavy atom. The zero-order chi connectivity index (χ0) is 28.2. The van der Waals surface area contributed by atoms with E-state index in [2.05, 4.69) is 45.4 Å². The van der Waals surface area contributed by atoms with Gasteiger partial charge < -0.3 is 41.3 Å². The first-order valence-corrected chi connectivity index (χ1v) is 13.3. The first-order valence-electron chi connectivity index (χ1n) is 13.3. The Kier molecular flexibility index (Phi) is 6.06. The van der Waals surface area contributed by atoms with Gasteiger partial charge in [0.15, 0.2) is 17.6 Å². The van der Waals surface area contributed by atoms with E-state index in [0.29, 0.717) is 23.5 Å². The number of carbonyl (C=O) groups excluding carboxylic acids is 2. The summed E-state index contributed by atoms with van der Waals surface area (Å²) in [4.78, 5) is 31.7. The van der Waals surface area contributed by atoms with Crippen molar-refractivity contribution < 1.29 is 19.4 Å². The quantitative estimate of drug-likeness (QED) is 0.243. The average molecular weight is 548 g/mol. The van der Waals surface area contributed by atoms with Gasteiger partial charge >= 0.3 is 0 Å². The number of carbonyl (C=O) groups is 2. The molecule has 1 aromatic heterocycles. The summed E-state index contributed by atoms with van der Waals surface area (Å²) in [5.41, 5.74) is 0.393. The first-order chi connectivity index (χ1) is 19.1. The van der Waals surface area contributed by atoms with Gasteiger partial charge in [0.1, 0.15) is 11.9 Å². The number of pyridine rings is 1. The number of amides is 2. The molecule has 40 heavy (non-hydrogen) atoms. The van der Waals surface area contributed by atoms with Crippen LogP contribution in [0.5, 0.6) is 5.75 Å². The maximum atomic E-state index is 13.5. The van der Waals surface area contributed by atoms with E-state index in [-0.39, 0.29) is 42.2 Å². The first kappa shape index (κ1) is 25.9. The van der Waals surface area contributed by atoms with Crippen molar-refractivity contribution in [3.05, 3.63) is 59.4 Å². The molecule has 3 fully saturated rings. The number of hydrogen-bond acceptors (Lipinski definition) is 7. The molecule has 5 atom stereocenters. The highest BCUT2D eigenvalue weighted by Gasteiger charge is 2.66. The van der Waals surface area contributed by atoms with Crippen molar-refractivity contribution in [1.29, 1.82) is 10.8 Å².